The SMILES string of the molecule is C=CC(=C)C.CC.CNc1ccc(Cc2ccnc(Nc3ccc(CN4CCN(C)CC4)cc3C)c2)cc1C. The van der Waals surface area contributed by atoms with Crippen LogP contribution in [-0.2, 0) is 13.0 Å². The van der Waals surface area contributed by atoms with Gasteiger partial charge in [-0.3, -0.25) is 4.90 Å². The summed E-state index contributed by atoms with van der Waals surface area (Å²) in [5.41, 5.74) is 9.77. The van der Waals surface area contributed by atoms with Gasteiger partial charge in [0.2, 0.25) is 0 Å². The Morgan fingerprint density at radius 2 is 1.46 bits per heavy atom. The maximum absolute atomic E-state index is 4.55. The maximum Gasteiger partial charge on any atom is 0.130 e. The normalized spacial score (nSPS) is 13.3. The summed E-state index contributed by atoms with van der Waals surface area (Å²) in [4.78, 5) is 9.49. The quantitative estimate of drug-likeness (QED) is 0.295. The summed E-state index contributed by atoms with van der Waals surface area (Å²) >= 11 is 0. The standard InChI is InChI=1S/C27H35N5.C5H8.C2H6/c1-20-15-22(5-7-25(20)28-3)17-23-9-10-29-27(18-23)30-26-8-6-24(16-21(26)2)19-32-13-11-31(4)12-14-32;1-4-5(2)3;1-2/h5-10,15-16,18,28H,11-14,17,19H2,1-4H3,(H,29,30);4H,1-2H2,3H3;1-2H3. The summed E-state index contributed by atoms with van der Waals surface area (Å²) in [7, 11) is 4.16. The van der Waals surface area contributed by atoms with Gasteiger partial charge in [0.25, 0.3) is 0 Å². The van der Waals surface area contributed by atoms with Crippen LogP contribution in [-0.4, -0.2) is 55.1 Å². The number of piperazine rings is 1. The van der Waals surface area contributed by atoms with Crippen molar-refractivity contribution in [3.05, 3.63) is 107 Å². The molecule has 0 bridgehead atoms. The van der Waals surface area contributed by atoms with Crippen LogP contribution >= 0.6 is 0 Å². The highest BCUT2D eigenvalue weighted by Gasteiger charge is 2.14. The second-order valence-electron chi connectivity index (χ2n) is 10.0. The Kier molecular flexibility index (Phi) is 13.5. The van der Waals surface area contributed by atoms with Crippen molar-refractivity contribution in [1.29, 1.82) is 0 Å². The zero-order chi connectivity index (χ0) is 28.8. The lowest BCUT2D eigenvalue weighted by Gasteiger charge is -2.32. The van der Waals surface area contributed by atoms with Crippen LogP contribution in [0.1, 0.15) is 48.6 Å². The van der Waals surface area contributed by atoms with E-state index < -0.39 is 0 Å². The lowest BCUT2D eigenvalue weighted by atomic mass is 10.0. The van der Waals surface area contributed by atoms with E-state index in [2.05, 4.69) is 108 Å². The molecule has 3 aromatic rings. The number of anilines is 3. The molecule has 1 aliphatic rings. The Bertz CT molecular complexity index is 1190. The topological polar surface area (TPSA) is 43.4 Å². The molecule has 1 aliphatic heterocycles. The van der Waals surface area contributed by atoms with Crippen LogP contribution in [0.2, 0.25) is 0 Å². The van der Waals surface area contributed by atoms with Crippen molar-refractivity contribution < 1.29 is 0 Å². The summed E-state index contributed by atoms with van der Waals surface area (Å²) in [5, 5.41) is 6.76. The van der Waals surface area contributed by atoms with Crippen molar-refractivity contribution in [1.82, 2.24) is 14.8 Å². The third-order valence-electron chi connectivity index (χ3n) is 6.70. The Morgan fingerprint density at radius 1 is 0.897 bits per heavy atom. The van der Waals surface area contributed by atoms with Crippen LogP contribution in [0.4, 0.5) is 17.2 Å². The number of hydrogen-bond donors (Lipinski definition) is 2. The van der Waals surface area contributed by atoms with Crippen LogP contribution in [0.25, 0.3) is 0 Å². The van der Waals surface area contributed by atoms with Crippen molar-refractivity contribution in [2.24, 2.45) is 0 Å². The number of likely N-dealkylation sites (N-methyl/N-ethyl adjacent to an activating group) is 1. The van der Waals surface area contributed by atoms with Gasteiger partial charge in [-0.1, -0.05) is 62.9 Å². The summed E-state index contributed by atoms with van der Waals surface area (Å²) in [6.45, 7) is 22.9. The Labute approximate surface area is 237 Å². The predicted octanol–water partition coefficient (Wildman–Crippen LogP) is 7.60. The number of nitrogens with one attached hydrogen (secondary N) is 2. The molecule has 1 saturated heterocycles. The van der Waals surface area contributed by atoms with Gasteiger partial charge in [0, 0.05) is 57.3 Å². The van der Waals surface area contributed by atoms with Gasteiger partial charge in [0.05, 0.1) is 0 Å². The number of allylic oxidation sites excluding steroid dienone is 2. The molecule has 5 heteroatoms. The third-order valence-corrected chi connectivity index (χ3v) is 6.70. The lowest BCUT2D eigenvalue weighted by molar-refractivity contribution is 0.148. The molecule has 210 valence electrons. The first-order chi connectivity index (χ1) is 18.8. The van der Waals surface area contributed by atoms with Gasteiger partial charge in [0.1, 0.15) is 5.82 Å². The largest absolute Gasteiger partial charge is 0.388 e. The van der Waals surface area contributed by atoms with Crippen LogP contribution in [0.5, 0.6) is 0 Å². The molecule has 2 aromatic carbocycles. The number of aryl methyl sites for hydroxylation is 2. The first-order valence-electron chi connectivity index (χ1n) is 14.0. The molecule has 4 rings (SSSR count). The Balaban J connectivity index is 0.000000686. The van der Waals surface area contributed by atoms with E-state index in [9.17, 15) is 0 Å². The minimum absolute atomic E-state index is 0.890. The van der Waals surface area contributed by atoms with Crippen molar-refractivity contribution in [2.45, 2.75) is 47.6 Å². The van der Waals surface area contributed by atoms with E-state index in [0.717, 1.165) is 56.2 Å². The van der Waals surface area contributed by atoms with Gasteiger partial charge in [-0.25, -0.2) is 4.98 Å². The van der Waals surface area contributed by atoms with Gasteiger partial charge in [0.15, 0.2) is 0 Å². The molecule has 0 saturated carbocycles. The summed E-state index contributed by atoms with van der Waals surface area (Å²) in [6.07, 6.45) is 4.51. The van der Waals surface area contributed by atoms with E-state index in [1.165, 1.54) is 33.5 Å². The molecule has 0 unspecified atom stereocenters. The number of aromatic nitrogens is 1. The van der Waals surface area contributed by atoms with Crippen LogP contribution in [0, 0.1) is 13.8 Å². The molecule has 0 amide bonds. The molecule has 5 nitrogen and oxygen atoms in total. The number of hydrogen-bond acceptors (Lipinski definition) is 5. The summed E-state index contributed by atoms with van der Waals surface area (Å²) in [5.74, 6) is 0.890. The van der Waals surface area contributed by atoms with Crippen LogP contribution in [0.3, 0.4) is 0 Å². The highest BCUT2D eigenvalue weighted by atomic mass is 15.2. The molecule has 0 aliphatic carbocycles. The van der Waals surface area contributed by atoms with Crippen LogP contribution < -0.4 is 10.6 Å². The highest BCUT2D eigenvalue weighted by molar-refractivity contribution is 5.61. The van der Waals surface area contributed by atoms with Gasteiger partial charge < -0.3 is 15.5 Å². The average molecular weight is 528 g/mol. The van der Waals surface area contributed by atoms with Gasteiger partial charge in [-0.05, 0) is 86.3 Å². The highest BCUT2D eigenvalue weighted by Crippen LogP contribution is 2.23. The lowest BCUT2D eigenvalue weighted by Crippen LogP contribution is -2.43. The number of rotatable bonds is 8. The molecule has 1 aromatic heterocycles. The van der Waals surface area contributed by atoms with Gasteiger partial charge in [-0.15, -0.1) is 0 Å². The number of benzene rings is 2. The van der Waals surface area contributed by atoms with Crippen molar-refractivity contribution >= 4 is 17.2 Å². The van der Waals surface area contributed by atoms with Crippen LogP contribution in [0.15, 0.2) is 79.5 Å². The molecule has 0 spiro atoms. The number of nitrogens with zero attached hydrogens (tertiary/aromatic N) is 3. The van der Waals surface area contributed by atoms with E-state index in [1.807, 2.05) is 34.0 Å². The first kappa shape index (κ1) is 31.8. The second-order valence-corrected chi connectivity index (χ2v) is 10.0. The predicted molar refractivity (Wildman–Crippen MR) is 171 cm³/mol. The monoisotopic (exact) mass is 527 g/mol. The van der Waals surface area contributed by atoms with E-state index in [-0.39, 0.29) is 0 Å². The summed E-state index contributed by atoms with van der Waals surface area (Å²) < 4.78 is 0. The molecule has 0 atom stereocenters. The first-order valence-corrected chi connectivity index (χ1v) is 14.0. The van der Waals surface area contributed by atoms with Crippen molar-refractivity contribution in [3.63, 3.8) is 0 Å². The third kappa shape index (κ3) is 10.7. The fourth-order valence-corrected chi connectivity index (χ4v) is 4.37. The molecular weight excluding hydrogens is 478 g/mol. The smallest absolute Gasteiger partial charge is 0.130 e. The second kappa shape index (κ2) is 16.5. The summed E-state index contributed by atoms with van der Waals surface area (Å²) in [6, 6.07) is 17.6. The zero-order valence-corrected chi connectivity index (χ0v) is 25.3. The molecular formula is C34H49N5. The van der Waals surface area contributed by atoms with Gasteiger partial charge in [-0.2, -0.15) is 0 Å². The fourth-order valence-electron chi connectivity index (χ4n) is 4.37. The zero-order valence-electron chi connectivity index (χ0n) is 25.3. The van der Waals surface area contributed by atoms with E-state index >= 15 is 0 Å². The minimum Gasteiger partial charge on any atom is -0.388 e. The van der Waals surface area contributed by atoms with Crippen molar-refractivity contribution in [2.75, 3.05) is 50.9 Å². The van der Waals surface area contributed by atoms with E-state index in [4.69, 9.17) is 0 Å². The maximum atomic E-state index is 4.55. The minimum atomic E-state index is 0.890. The average Bonchev–Trinajstić information content (AvgIpc) is 2.93. The molecule has 0 radical (unpaired) electrons. The van der Waals surface area contributed by atoms with Crippen molar-refractivity contribution in [3.8, 4) is 0 Å². The molecule has 2 heterocycles. The Morgan fingerprint density at radius 3 is 2.05 bits per heavy atom. The van der Waals surface area contributed by atoms with E-state index in [0.29, 0.717) is 0 Å². The van der Waals surface area contributed by atoms with Gasteiger partial charge >= 0.3 is 0 Å². The fraction of sp³-hybridized carbons (Fsp3) is 0.382. The van der Waals surface area contributed by atoms with E-state index in [1.54, 1.807) is 6.08 Å². The molecule has 1 fully saturated rings. The molecule has 2 N–H and O–H groups in total. The Hall–Kier alpha value is -3.41. The number of pyridine rings is 1. The molecule has 39 heavy (non-hydrogen) atoms.